The Labute approximate surface area is 119 Å². The first-order valence-electron chi connectivity index (χ1n) is 5.87. The number of rotatable bonds is 2. The zero-order chi connectivity index (χ0) is 14.1. The molecule has 0 amide bonds. The van der Waals surface area contributed by atoms with Crippen LogP contribution in [0.2, 0.25) is 5.02 Å². The SMILES string of the molecule is Nc1ccc(-n2cc(-c3ccc(F)cc3)nn2)c(Cl)c1. The van der Waals surface area contributed by atoms with Gasteiger partial charge in [0.2, 0.25) is 0 Å². The number of nitrogens with zero attached hydrogens (tertiary/aromatic N) is 3. The van der Waals surface area contributed by atoms with Crippen molar-refractivity contribution in [3.05, 3.63) is 59.5 Å². The van der Waals surface area contributed by atoms with Gasteiger partial charge in [0, 0.05) is 11.3 Å². The maximum atomic E-state index is 12.9. The molecule has 0 aliphatic heterocycles. The quantitative estimate of drug-likeness (QED) is 0.736. The molecule has 20 heavy (non-hydrogen) atoms. The van der Waals surface area contributed by atoms with Gasteiger partial charge in [-0.15, -0.1) is 5.10 Å². The monoisotopic (exact) mass is 288 g/mol. The highest BCUT2D eigenvalue weighted by atomic mass is 35.5. The van der Waals surface area contributed by atoms with Crippen molar-refractivity contribution < 1.29 is 4.39 Å². The molecule has 3 aromatic rings. The van der Waals surface area contributed by atoms with E-state index in [1.54, 1.807) is 41.2 Å². The molecule has 0 spiro atoms. The average molecular weight is 289 g/mol. The molecule has 3 rings (SSSR count). The number of aromatic nitrogens is 3. The van der Waals surface area contributed by atoms with Crippen molar-refractivity contribution in [1.29, 1.82) is 0 Å². The molecule has 0 aliphatic carbocycles. The van der Waals surface area contributed by atoms with Crippen molar-refractivity contribution >= 4 is 17.3 Å². The zero-order valence-electron chi connectivity index (χ0n) is 10.3. The lowest BCUT2D eigenvalue weighted by atomic mass is 10.2. The Balaban J connectivity index is 1.99. The normalized spacial score (nSPS) is 10.7. The summed E-state index contributed by atoms with van der Waals surface area (Å²) >= 11 is 6.12. The van der Waals surface area contributed by atoms with Crippen LogP contribution in [0.3, 0.4) is 0 Å². The molecule has 6 heteroatoms. The van der Waals surface area contributed by atoms with Gasteiger partial charge in [-0.3, -0.25) is 0 Å². The van der Waals surface area contributed by atoms with Crippen LogP contribution in [0.25, 0.3) is 16.9 Å². The van der Waals surface area contributed by atoms with Crippen LogP contribution in [-0.2, 0) is 0 Å². The summed E-state index contributed by atoms with van der Waals surface area (Å²) in [6.45, 7) is 0. The molecule has 0 saturated heterocycles. The highest BCUT2D eigenvalue weighted by Gasteiger charge is 2.08. The van der Waals surface area contributed by atoms with Crippen LogP contribution in [0.1, 0.15) is 0 Å². The van der Waals surface area contributed by atoms with Crippen LogP contribution >= 0.6 is 11.6 Å². The molecule has 0 aliphatic rings. The largest absolute Gasteiger partial charge is 0.399 e. The summed E-state index contributed by atoms with van der Waals surface area (Å²) in [5, 5.41) is 8.57. The zero-order valence-corrected chi connectivity index (χ0v) is 11.0. The predicted molar refractivity (Wildman–Crippen MR) is 76.2 cm³/mol. The lowest BCUT2D eigenvalue weighted by molar-refractivity contribution is 0.628. The van der Waals surface area contributed by atoms with Gasteiger partial charge in [0.05, 0.1) is 16.9 Å². The Morgan fingerprint density at radius 2 is 1.85 bits per heavy atom. The molecule has 0 atom stereocenters. The van der Waals surface area contributed by atoms with E-state index >= 15 is 0 Å². The van der Waals surface area contributed by atoms with Crippen LogP contribution in [0.5, 0.6) is 0 Å². The topological polar surface area (TPSA) is 56.7 Å². The van der Waals surface area contributed by atoms with E-state index in [4.69, 9.17) is 17.3 Å². The standard InChI is InChI=1S/C14H10ClFN4/c15-12-7-11(17)5-6-14(12)20-8-13(18-19-20)9-1-3-10(16)4-2-9/h1-8H,17H2. The van der Waals surface area contributed by atoms with Gasteiger partial charge in [0.25, 0.3) is 0 Å². The van der Waals surface area contributed by atoms with Crippen molar-refractivity contribution in [3.8, 4) is 16.9 Å². The second-order valence-electron chi connectivity index (χ2n) is 4.27. The highest BCUT2D eigenvalue weighted by Crippen LogP contribution is 2.24. The van der Waals surface area contributed by atoms with Crippen LogP contribution in [0.15, 0.2) is 48.7 Å². The van der Waals surface area contributed by atoms with E-state index in [2.05, 4.69) is 10.3 Å². The number of hydrogen-bond donors (Lipinski definition) is 1. The van der Waals surface area contributed by atoms with E-state index < -0.39 is 0 Å². The summed E-state index contributed by atoms with van der Waals surface area (Å²) in [5.74, 6) is -0.289. The second kappa shape index (κ2) is 4.94. The van der Waals surface area contributed by atoms with Gasteiger partial charge in [-0.2, -0.15) is 0 Å². The van der Waals surface area contributed by atoms with Gasteiger partial charge in [0.1, 0.15) is 11.5 Å². The Bertz CT molecular complexity index is 752. The number of nitrogens with two attached hydrogens (primary N) is 1. The number of nitrogen functional groups attached to an aromatic ring is 1. The van der Waals surface area contributed by atoms with E-state index in [9.17, 15) is 4.39 Å². The Kier molecular flexibility index (Phi) is 3.12. The molecule has 100 valence electrons. The number of hydrogen-bond acceptors (Lipinski definition) is 3. The number of benzene rings is 2. The third-order valence-corrected chi connectivity index (χ3v) is 3.15. The second-order valence-corrected chi connectivity index (χ2v) is 4.67. The average Bonchev–Trinajstić information content (AvgIpc) is 2.89. The third-order valence-electron chi connectivity index (χ3n) is 2.85. The van der Waals surface area contributed by atoms with Gasteiger partial charge in [0.15, 0.2) is 0 Å². The van der Waals surface area contributed by atoms with E-state index in [1.165, 1.54) is 12.1 Å². The molecule has 2 aromatic carbocycles. The van der Waals surface area contributed by atoms with Gasteiger partial charge < -0.3 is 5.73 Å². The molecule has 0 bridgehead atoms. The molecular formula is C14H10ClFN4. The van der Waals surface area contributed by atoms with E-state index in [-0.39, 0.29) is 5.82 Å². The maximum absolute atomic E-state index is 12.9. The summed E-state index contributed by atoms with van der Waals surface area (Å²) in [7, 11) is 0. The van der Waals surface area contributed by atoms with Crippen LogP contribution in [0.4, 0.5) is 10.1 Å². The fourth-order valence-electron chi connectivity index (χ4n) is 1.84. The fourth-order valence-corrected chi connectivity index (χ4v) is 2.12. The number of anilines is 1. The first-order chi connectivity index (χ1) is 9.63. The molecule has 2 N–H and O–H groups in total. The molecule has 0 radical (unpaired) electrons. The van der Waals surface area contributed by atoms with Crippen LogP contribution in [0, 0.1) is 5.82 Å². The summed E-state index contributed by atoms with van der Waals surface area (Å²) < 4.78 is 14.4. The molecule has 4 nitrogen and oxygen atoms in total. The molecule has 0 saturated carbocycles. The first-order valence-corrected chi connectivity index (χ1v) is 6.25. The van der Waals surface area contributed by atoms with Gasteiger partial charge >= 0.3 is 0 Å². The van der Waals surface area contributed by atoms with Crippen LogP contribution < -0.4 is 5.73 Å². The van der Waals surface area contributed by atoms with Crippen molar-refractivity contribution in [3.63, 3.8) is 0 Å². The van der Waals surface area contributed by atoms with E-state index in [1.807, 2.05) is 0 Å². The number of halogens is 2. The van der Waals surface area contributed by atoms with E-state index in [0.717, 1.165) is 5.56 Å². The van der Waals surface area contributed by atoms with Crippen molar-refractivity contribution in [1.82, 2.24) is 15.0 Å². The van der Waals surface area contributed by atoms with Gasteiger partial charge in [-0.1, -0.05) is 16.8 Å². The lowest BCUT2D eigenvalue weighted by Gasteiger charge is -2.03. The minimum atomic E-state index is -0.289. The molecule has 1 aromatic heterocycles. The highest BCUT2D eigenvalue weighted by molar-refractivity contribution is 6.32. The summed E-state index contributed by atoms with van der Waals surface area (Å²) in [6.07, 6.45) is 1.73. The molecule has 1 heterocycles. The minimum absolute atomic E-state index is 0.289. The Morgan fingerprint density at radius 1 is 1.10 bits per heavy atom. The predicted octanol–water partition coefficient (Wildman–Crippen LogP) is 3.31. The van der Waals surface area contributed by atoms with Crippen molar-refractivity contribution in [2.24, 2.45) is 0 Å². The minimum Gasteiger partial charge on any atom is -0.399 e. The van der Waals surface area contributed by atoms with Gasteiger partial charge in [-0.05, 0) is 42.5 Å². The third kappa shape index (κ3) is 2.35. The maximum Gasteiger partial charge on any atom is 0.123 e. The Morgan fingerprint density at radius 3 is 2.55 bits per heavy atom. The Hall–Kier alpha value is -2.40. The lowest BCUT2D eigenvalue weighted by Crippen LogP contribution is -1.96. The fraction of sp³-hybridized carbons (Fsp3) is 0. The van der Waals surface area contributed by atoms with Crippen molar-refractivity contribution in [2.45, 2.75) is 0 Å². The molecular weight excluding hydrogens is 279 g/mol. The van der Waals surface area contributed by atoms with Gasteiger partial charge in [-0.25, -0.2) is 9.07 Å². The molecule has 0 fully saturated rings. The van der Waals surface area contributed by atoms with Crippen molar-refractivity contribution in [2.75, 3.05) is 5.73 Å². The summed E-state index contributed by atoms with van der Waals surface area (Å²) in [5.41, 5.74) is 8.33. The summed E-state index contributed by atoms with van der Waals surface area (Å²) in [4.78, 5) is 0. The summed E-state index contributed by atoms with van der Waals surface area (Å²) in [6, 6.07) is 11.2. The molecule has 0 unspecified atom stereocenters. The smallest absolute Gasteiger partial charge is 0.123 e. The van der Waals surface area contributed by atoms with E-state index in [0.29, 0.717) is 22.1 Å². The first kappa shape index (κ1) is 12.6. The van der Waals surface area contributed by atoms with Crippen LogP contribution in [-0.4, -0.2) is 15.0 Å².